The molecule has 0 aliphatic carbocycles. The standard InChI is InChI=1S/C26H35BF2N4O6/c1-25(2,33-12-10-26(28,29)18-33)14-21(15-30)23(34)32-11-6-9-20(16-32)17-38-24(35)31-22(39-27(36)37)13-19-7-4-3-5-8-19/h3-5,7-8,14,20,22,36-37H,6,9-13,16-18H2,1-2H3,(H,31,35)/t20-,22+/m0/s1. The van der Waals surface area contributed by atoms with Crippen LogP contribution in [0.5, 0.6) is 0 Å². The maximum absolute atomic E-state index is 13.7. The Morgan fingerprint density at radius 3 is 2.64 bits per heavy atom. The van der Waals surface area contributed by atoms with E-state index in [1.165, 1.54) is 11.0 Å². The number of nitriles is 1. The Morgan fingerprint density at radius 2 is 2.03 bits per heavy atom. The van der Waals surface area contributed by atoms with Gasteiger partial charge in [0.2, 0.25) is 0 Å². The van der Waals surface area contributed by atoms with E-state index in [1.54, 1.807) is 43.0 Å². The first-order valence-electron chi connectivity index (χ1n) is 12.9. The number of benzene rings is 1. The number of likely N-dealkylation sites (tertiary alicyclic amines) is 2. The van der Waals surface area contributed by atoms with Crippen LogP contribution >= 0.6 is 0 Å². The van der Waals surface area contributed by atoms with E-state index in [0.29, 0.717) is 19.4 Å². The molecule has 13 heteroatoms. The fourth-order valence-electron chi connectivity index (χ4n) is 4.84. The summed E-state index contributed by atoms with van der Waals surface area (Å²) in [6.07, 6.45) is 0.824. The number of halogens is 2. The molecule has 0 saturated carbocycles. The Bertz CT molecular complexity index is 1070. The van der Waals surface area contributed by atoms with E-state index in [2.05, 4.69) is 5.32 Å². The maximum atomic E-state index is 13.7. The molecule has 2 aliphatic rings. The van der Waals surface area contributed by atoms with Crippen LogP contribution in [-0.4, -0.2) is 89.6 Å². The van der Waals surface area contributed by atoms with Crippen molar-refractivity contribution in [1.29, 1.82) is 5.26 Å². The molecule has 212 valence electrons. The molecule has 1 aromatic rings. The first-order valence-corrected chi connectivity index (χ1v) is 12.9. The van der Waals surface area contributed by atoms with Crippen molar-refractivity contribution in [2.45, 2.75) is 57.2 Å². The molecule has 3 N–H and O–H groups in total. The second kappa shape index (κ2) is 13.3. The van der Waals surface area contributed by atoms with Crippen molar-refractivity contribution in [2.24, 2.45) is 5.92 Å². The van der Waals surface area contributed by atoms with Gasteiger partial charge in [0.15, 0.2) is 0 Å². The van der Waals surface area contributed by atoms with Crippen LogP contribution in [0, 0.1) is 17.2 Å². The van der Waals surface area contributed by atoms with Crippen molar-refractivity contribution in [1.82, 2.24) is 15.1 Å². The third-order valence-corrected chi connectivity index (χ3v) is 6.92. The highest BCUT2D eigenvalue weighted by molar-refractivity contribution is 6.32. The number of rotatable bonds is 10. The zero-order valence-corrected chi connectivity index (χ0v) is 22.2. The van der Waals surface area contributed by atoms with Gasteiger partial charge in [0, 0.05) is 43.9 Å². The Morgan fingerprint density at radius 1 is 1.31 bits per heavy atom. The minimum absolute atomic E-state index is 0.00466. The zero-order chi connectivity index (χ0) is 28.6. The molecular weight excluding hydrogens is 513 g/mol. The molecule has 2 amide bonds. The van der Waals surface area contributed by atoms with Gasteiger partial charge in [0.25, 0.3) is 11.8 Å². The lowest BCUT2D eigenvalue weighted by molar-refractivity contribution is -0.128. The summed E-state index contributed by atoms with van der Waals surface area (Å²) >= 11 is 0. The summed E-state index contributed by atoms with van der Waals surface area (Å²) in [5.74, 6) is -3.46. The van der Waals surface area contributed by atoms with Gasteiger partial charge >= 0.3 is 13.4 Å². The van der Waals surface area contributed by atoms with Crippen LogP contribution in [0.1, 0.15) is 38.7 Å². The largest absolute Gasteiger partial charge is 0.635 e. The summed E-state index contributed by atoms with van der Waals surface area (Å²) in [5.41, 5.74) is -0.219. The van der Waals surface area contributed by atoms with Gasteiger partial charge in [0.1, 0.15) is 17.9 Å². The number of hydrogen-bond acceptors (Lipinski definition) is 8. The number of piperidine rings is 1. The molecule has 2 heterocycles. The third kappa shape index (κ3) is 9.28. The van der Waals surface area contributed by atoms with Crippen LogP contribution in [-0.2, 0) is 20.6 Å². The van der Waals surface area contributed by atoms with Crippen LogP contribution in [0.25, 0.3) is 0 Å². The van der Waals surface area contributed by atoms with E-state index in [0.717, 1.165) is 5.56 Å². The molecule has 39 heavy (non-hydrogen) atoms. The first kappa shape index (κ1) is 30.5. The van der Waals surface area contributed by atoms with E-state index in [9.17, 15) is 33.7 Å². The number of carbonyl (C=O) groups is 2. The monoisotopic (exact) mass is 548 g/mol. The SMILES string of the molecule is CC(C)(C=C(C#N)C(=O)N1CCC[C@H](COC(=O)N[C@@H](Cc2ccccc2)OB(O)O)C1)N1CCC(F)(F)C1. The molecule has 2 fully saturated rings. The van der Waals surface area contributed by atoms with E-state index in [4.69, 9.17) is 9.39 Å². The predicted octanol–water partition coefficient (Wildman–Crippen LogP) is 2.08. The van der Waals surface area contributed by atoms with E-state index in [-0.39, 0.29) is 44.0 Å². The van der Waals surface area contributed by atoms with Gasteiger partial charge in [-0.05, 0) is 38.3 Å². The van der Waals surface area contributed by atoms with Crippen molar-refractivity contribution in [3.8, 4) is 6.07 Å². The molecule has 0 bridgehead atoms. The predicted molar refractivity (Wildman–Crippen MR) is 138 cm³/mol. The Balaban J connectivity index is 1.54. The van der Waals surface area contributed by atoms with Crippen molar-refractivity contribution < 1.29 is 37.8 Å². The quantitative estimate of drug-likeness (QED) is 0.175. The van der Waals surface area contributed by atoms with E-state index >= 15 is 0 Å². The lowest BCUT2D eigenvalue weighted by atomic mass is 9.96. The number of alkyl halides is 2. The van der Waals surface area contributed by atoms with Gasteiger partial charge < -0.3 is 24.3 Å². The molecule has 2 atom stereocenters. The van der Waals surface area contributed by atoms with Crippen molar-refractivity contribution in [2.75, 3.05) is 32.8 Å². The highest BCUT2D eigenvalue weighted by atomic mass is 19.3. The summed E-state index contributed by atoms with van der Waals surface area (Å²) in [5, 5.41) is 30.5. The molecule has 0 aromatic heterocycles. The first-order chi connectivity index (χ1) is 18.4. The van der Waals surface area contributed by atoms with Crippen LogP contribution in [0.15, 0.2) is 42.0 Å². The van der Waals surface area contributed by atoms with Gasteiger partial charge in [-0.3, -0.25) is 15.0 Å². The lowest BCUT2D eigenvalue weighted by Crippen LogP contribution is -2.45. The number of nitrogens with one attached hydrogen (secondary N) is 1. The summed E-state index contributed by atoms with van der Waals surface area (Å²) in [7, 11) is -2.09. The fraction of sp³-hybridized carbons (Fsp3) is 0.577. The number of ether oxygens (including phenoxy) is 1. The van der Waals surface area contributed by atoms with Crippen molar-refractivity contribution >= 4 is 19.3 Å². The molecule has 3 rings (SSSR count). The van der Waals surface area contributed by atoms with E-state index in [1.807, 2.05) is 12.1 Å². The average Bonchev–Trinajstić information content (AvgIpc) is 3.26. The summed E-state index contributed by atoms with van der Waals surface area (Å²) < 4.78 is 37.7. The second-order valence-electron chi connectivity index (χ2n) is 10.5. The third-order valence-electron chi connectivity index (χ3n) is 6.92. The van der Waals surface area contributed by atoms with Crippen molar-refractivity contribution in [3.05, 3.63) is 47.5 Å². The molecule has 0 unspecified atom stereocenters. The van der Waals surface area contributed by atoms with Gasteiger partial charge in [0.05, 0.1) is 13.2 Å². The number of hydrogen-bond donors (Lipinski definition) is 3. The highest BCUT2D eigenvalue weighted by Gasteiger charge is 2.43. The minimum Gasteiger partial charge on any atom is -0.449 e. The number of nitrogens with zero attached hydrogens (tertiary/aromatic N) is 3. The molecule has 2 saturated heterocycles. The molecule has 0 spiro atoms. The van der Waals surface area contributed by atoms with Crippen LogP contribution in [0.2, 0.25) is 0 Å². The Labute approximate surface area is 227 Å². The second-order valence-corrected chi connectivity index (χ2v) is 10.5. The van der Waals surface area contributed by atoms with Gasteiger partial charge in [-0.2, -0.15) is 5.26 Å². The molecule has 10 nitrogen and oxygen atoms in total. The van der Waals surface area contributed by atoms with E-state index < -0.39 is 43.6 Å². The molecular formula is C26H35BF2N4O6. The number of carbonyl (C=O) groups excluding carboxylic acids is 2. The van der Waals surface area contributed by atoms with Gasteiger partial charge in [-0.25, -0.2) is 13.6 Å². The lowest BCUT2D eigenvalue weighted by Gasteiger charge is -2.35. The summed E-state index contributed by atoms with van der Waals surface area (Å²) in [4.78, 5) is 28.6. The molecule has 1 aromatic carbocycles. The minimum atomic E-state index is -2.79. The van der Waals surface area contributed by atoms with Crippen LogP contribution in [0.3, 0.4) is 0 Å². The molecule has 0 radical (unpaired) electrons. The number of amides is 2. The normalized spacial score (nSPS) is 20.7. The fourth-order valence-corrected chi connectivity index (χ4v) is 4.84. The molecule has 2 aliphatic heterocycles. The van der Waals surface area contributed by atoms with Crippen LogP contribution < -0.4 is 5.32 Å². The Hall–Kier alpha value is -3.05. The topological polar surface area (TPSA) is 135 Å². The number of alkyl carbamates (subject to hydrolysis) is 1. The van der Waals surface area contributed by atoms with Gasteiger partial charge in [-0.1, -0.05) is 30.3 Å². The summed E-state index contributed by atoms with van der Waals surface area (Å²) in [6.45, 7) is 3.82. The maximum Gasteiger partial charge on any atom is 0.635 e. The average molecular weight is 548 g/mol. The van der Waals surface area contributed by atoms with Crippen molar-refractivity contribution in [3.63, 3.8) is 0 Å². The highest BCUT2D eigenvalue weighted by Crippen LogP contribution is 2.33. The smallest absolute Gasteiger partial charge is 0.449 e. The summed E-state index contributed by atoms with van der Waals surface area (Å²) in [6, 6.07) is 10.9. The van der Waals surface area contributed by atoms with Crippen LogP contribution in [0.4, 0.5) is 13.6 Å². The Kier molecular flexibility index (Phi) is 10.4. The zero-order valence-electron chi connectivity index (χ0n) is 22.2. The van der Waals surface area contributed by atoms with Gasteiger partial charge in [-0.15, -0.1) is 0 Å².